The quantitative estimate of drug-likeness (QED) is 0.137. The number of aryl methyl sites for hydroxylation is 1. The van der Waals surface area contributed by atoms with E-state index in [0.717, 1.165) is 33.9 Å². The average Bonchev–Trinajstić information content (AvgIpc) is 3.38. The summed E-state index contributed by atoms with van der Waals surface area (Å²) < 4.78 is 35.3. The summed E-state index contributed by atoms with van der Waals surface area (Å²) in [4.78, 5) is 15.8. The fourth-order valence-electron chi connectivity index (χ4n) is 7.83. The van der Waals surface area contributed by atoms with Gasteiger partial charge >= 0.3 is 0 Å². The first-order chi connectivity index (χ1) is 21.6. The largest absolute Gasteiger partial charge is 0.299 e. The van der Waals surface area contributed by atoms with Crippen molar-refractivity contribution in [3.63, 3.8) is 0 Å². The smallest absolute Gasteiger partial charge is 0.278 e. The van der Waals surface area contributed by atoms with E-state index < -0.39 is 25.8 Å². The first-order valence-corrected chi connectivity index (χ1v) is 20.3. The molecule has 0 aliphatic heterocycles. The number of carbonyl (C=O) groups excluding carboxylic acids is 1. The SMILES string of the molecule is CCCCCCCCCCCc1ccc(S(OS(=O)(=O)CC23CCC(CC2=O)C3(C)C)(c2ccccc2)c2ccccc2)cc1. The van der Waals surface area contributed by atoms with Crippen LogP contribution in [0.1, 0.15) is 103 Å². The highest BCUT2D eigenvalue weighted by Crippen LogP contribution is 2.71. The summed E-state index contributed by atoms with van der Waals surface area (Å²) in [5, 5.41) is 0. The van der Waals surface area contributed by atoms with Gasteiger partial charge in [-0.2, -0.15) is 8.42 Å². The van der Waals surface area contributed by atoms with Crippen LogP contribution >= 0.6 is 10.3 Å². The Hall–Kier alpha value is -2.41. The monoisotopic (exact) mass is 648 g/mol. The molecule has 45 heavy (non-hydrogen) atoms. The molecular formula is C39H52O4S2. The van der Waals surface area contributed by atoms with E-state index >= 15 is 0 Å². The first kappa shape index (κ1) is 33.9. The van der Waals surface area contributed by atoms with Gasteiger partial charge in [-0.3, -0.25) is 4.79 Å². The highest BCUT2D eigenvalue weighted by atomic mass is 32.3. The van der Waals surface area contributed by atoms with Crippen molar-refractivity contribution in [2.45, 2.75) is 119 Å². The molecule has 0 aromatic heterocycles. The normalized spacial score (nSPS) is 21.3. The standard InChI is InChI=1S/C39H52O4S2/c1-4-5-6-7-8-9-10-11-14-19-32-24-26-36(27-25-32)45(34-20-15-12-16-21-34,35-22-17-13-18-23-35)43-44(41,42)31-39-29-28-33(30-37(39)40)38(39,2)3/h12-13,15-18,20-27,33H,4-11,14,19,28-31H2,1-3H3. The van der Waals surface area contributed by atoms with Crippen molar-refractivity contribution in [1.29, 1.82) is 0 Å². The minimum Gasteiger partial charge on any atom is -0.299 e. The molecule has 244 valence electrons. The van der Waals surface area contributed by atoms with Crippen LogP contribution in [0.15, 0.2) is 99.6 Å². The predicted octanol–water partition coefficient (Wildman–Crippen LogP) is 10.7. The molecule has 4 nitrogen and oxygen atoms in total. The Morgan fingerprint density at radius 1 is 0.711 bits per heavy atom. The Bertz CT molecular complexity index is 1460. The maximum absolute atomic E-state index is 14.4. The van der Waals surface area contributed by atoms with Crippen LogP contribution in [-0.2, 0) is 25.0 Å². The molecule has 0 heterocycles. The summed E-state index contributed by atoms with van der Waals surface area (Å²) in [5.74, 6) is 0.0450. The van der Waals surface area contributed by atoms with Crippen molar-refractivity contribution in [2.24, 2.45) is 16.7 Å². The van der Waals surface area contributed by atoms with Gasteiger partial charge in [-0.25, -0.2) is 3.63 Å². The van der Waals surface area contributed by atoms with Crippen molar-refractivity contribution in [1.82, 2.24) is 0 Å². The highest BCUT2D eigenvalue weighted by molar-refractivity contribution is 8.33. The number of carbonyl (C=O) groups is 1. The topological polar surface area (TPSA) is 60.4 Å². The van der Waals surface area contributed by atoms with Gasteiger partial charge in [0.25, 0.3) is 10.1 Å². The Morgan fingerprint density at radius 3 is 1.71 bits per heavy atom. The molecule has 2 aliphatic carbocycles. The molecular weight excluding hydrogens is 597 g/mol. The van der Waals surface area contributed by atoms with E-state index in [1.54, 1.807) is 0 Å². The molecule has 2 aliphatic rings. The number of unbranched alkanes of at least 4 members (excludes halogenated alkanes) is 8. The van der Waals surface area contributed by atoms with Crippen LogP contribution in [0.2, 0.25) is 0 Å². The summed E-state index contributed by atoms with van der Waals surface area (Å²) in [6.07, 6.45) is 14.7. The summed E-state index contributed by atoms with van der Waals surface area (Å²) in [6.45, 7) is 6.41. The number of fused-ring (bicyclic) bond motifs is 2. The number of hydrogen-bond acceptors (Lipinski definition) is 4. The van der Waals surface area contributed by atoms with Gasteiger partial charge in [0.2, 0.25) is 0 Å². The lowest BCUT2D eigenvalue weighted by Crippen LogP contribution is -2.42. The van der Waals surface area contributed by atoms with Crippen molar-refractivity contribution < 1.29 is 16.8 Å². The molecule has 2 bridgehead atoms. The second-order valence-electron chi connectivity index (χ2n) is 13.8. The van der Waals surface area contributed by atoms with Gasteiger partial charge in [-0.05, 0) is 89.3 Å². The molecule has 0 amide bonds. The molecule has 0 radical (unpaired) electrons. The summed E-state index contributed by atoms with van der Waals surface area (Å²) in [6, 6.07) is 28.0. The van der Waals surface area contributed by atoms with Gasteiger partial charge in [0.15, 0.2) is 0 Å². The number of benzene rings is 3. The van der Waals surface area contributed by atoms with Crippen molar-refractivity contribution in [2.75, 3.05) is 5.75 Å². The minimum absolute atomic E-state index is 0.0804. The van der Waals surface area contributed by atoms with Crippen LogP contribution in [0.4, 0.5) is 0 Å². The third kappa shape index (κ3) is 7.13. The molecule has 0 N–H and O–H groups in total. The minimum atomic E-state index is -4.14. The summed E-state index contributed by atoms with van der Waals surface area (Å²) in [5.41, 5.74) is -0.00323. The van der Waals surface area contributed by atoms with E-state index in [1.165, 1.54) is 56.9 Å². The van der Waals surface area contributed by atoms with E-state index in [2.05, 4.69) is 45.0 Å². The maximum Gasteiger partial charge on any atom is 0.278 e. The van der Waals surface area contributed by atoms with Crippen molar-refractivity contribution >= 4 is 26.2 Å². The molecule has 3 aromatic rings. The third-order valence-electron chi connectivity index (χ3n) is 10.7. The lowest BCUT2D eigenvalue weighted by Gasteiger charge is -2.41. The average molecular weight is 649 g/mol. The van der Waals surface area contributed by atoms with Gasteiger partial charge in [0.1, 0.15) is 5.78 Å². The summed E-state index contributed by atoms with van der Waals surface area (Å²) >= 11 is 0. The molecule has 2 saturated carbocycles. The van der Waals surface area contributed by atoms with Gasteiger partial charge < -0.3 is 0 Å². The lowest BCUT2D eigenvalue weighted by molar-refractivity contribution is -0.128. The van der Waals surface area contributed by atoms with Crippen LogP contribution in [0.3, 0.4) is 0 Å². The van der Waals surface area contributed by atoms with Crippen LogP contribution in [0, 0.1) is 16.7 Å². The molecule has 6 heteroatoms. The van der Waals surface area contributed by atoms with E-state index in [4.69, 9.17) is 3.63 Å². The molecule has 3 aromatic carbocycles. The second kappa shape index (κ2) is 14.6. The molecule has 0 spiro atoms. The predicted molar refractivity (Wildman–Crippen MR) is 186 cm³/mol. The zero-order valence-corrected chi connectivity index (χ0v) is 29.1. The number of hydrogen-bond donors (Lipinski definition) is 0. The van der Waals surface area contributed by atoms with Crippen molar-refractivity contribution in [3.05, 3.63) is 90.5 Å². The van der Waals surface area contributed by atoms with E-state index in [9.17, 15) is 13.2 Å². The van der Waals surface area contributed by atoms with E-state index in [0.29, 0.717) is 12.8 Å². The lowest BCUT2D eigenvalue weighted by atomic mass is 9.70. The Balaban J connectivity index is 1.41. The van der Waals surface area contributed by atoms with Crippen LogP contribution in [0.5, 0.6) is 0 Å². The van der Waals surface area contributed by atoms with Crippen molar-refractivity contribution in [3.8, 4) is 0 Å². The third-order valence-corrected chi connectivity index (χ3v) is 16.0. The Kier molecular flexibility index (Phi) is 11.0. The molecule has 2 unspecified atom stereocenters. The van der Waals surface area contributed by atoms with Crippen LogP contribution in [-0.4, -0.2) is 20.0 Å². The van der Waals surface area contributed by atoms with Gasteiger partial charge in [-0.15, -0.1) is 0 Å². The zero-order chi connectivity index (χ0) is 32.0. The van der Waals surface area contributed by atoms with Gasteiger partial charge in [0, 0.05) is 21.1 Å². The highest BCUT2D eigenvalue weighted by Gasteiger charge is 2.65. The molecule has 2 atom stereocenters. The fourth-order valence-corrected chi connectivity index (χ4v) is 13.9. The molecule has 2 fully saturated rings. The zero-order valence-electron chi connectivity index (χ0n) is 27.5. The van der Waals surface area contributed by atoms with E-state index in [1.807, 2.05) is 60.7 Å². The molecule has 0 saturated heterocycles. The maximum atomic E-state index is 14.4. The number of ketones is 1. The second-order valence-corrected chi connectivity index (χ2v) is 18.3. The van der Waals surface area contributed by atoms with Crippen LogP contribution in [0.25, 0.3) is 0 Å². The van der Waals surface area contributed by atoms with E-state index in [-0.39, 0.29) is 22.9 Å². The van der Waals surface area contributed by atoms with Gasteiger partial charge in [0.05, 0.1) is 11.2 Å². The summed E-state index contributed by atoms with van der Waals surface area (Å²) in [7, 11) is -6.81. The molecule has 5 rings (SSSR count). The first-order valence-electron chi connectivity index (χ1n) is 17.1. The number of Topliss-reactive ketones (excluding diaryl/α,β-unsaturated/α-hetero) is 1. The van der Waals surface area contributed by atoms with Crippen LogP contribution < -0.4 is 0 Å². The van der Waals surface area contributed by atoms with Gasteiger partial charge in [-0.1, -0.05) is 121 Å². The Morgan fingerprint density at radius 2 is 1.22 bits per heavy atom. The fraction of sp³-hybridized carbons (Fsp3) is 0.513. The number of rotatable bonds is 17. The Labute approximate surface area is 274 Å².